The molecule has 1 fully saturated rings. The first-order valence-electron chi connectivity index (χ1n) is 11.2. The molecule has 158 valence electrons. The van der Waals surface area contributed by atoms with Crippen LogP contribution in [-0.4, -0.2) is 43.5 Å². The fourth-order valence-electron chi connectivity index (χ4n) is 5.07. The van der Waals surface area contributed by atoms with E-state index < -0.39 is 0 Å². The summed E-state index contributed by atoms with van der Waals surface area (Å²) in [4.78, 5) is 26.9. The zero-order valence-electron chi connectivity index (χ0n) is 17.5. The molecule has 1 aliphatic heterocycles. The Hall–Kier alpha value is -2.80. The van der Waals surface area contributed by atoms with Gasteiger partial charge in [-0.15, -0.1) is 16.4 Å². The van der Waals surface area contributed by atoms with Crippen molar-refractivity contribution in [3.63, 3.8) is 0 Å². The van der Waals surface area contributed by atoms with Gasteiger partial charge in [0, 0.05) is 18.0 Å². The first-order valence-corrected chi connectivity index (χ1v) is 12.1. The average Bonchev–Trinajstić information content (AvgIpc) is 3.41. The van der Waals surface area contributed by atoms with Gasteiger partial charge in [-0.3, -0.25) is 4.79 Å². The Morgan fingerprint density at radius 3 is 2.74 bits per heavy atom. The molecule has 0 saturated carbocycles. The maximum absolute atomic E-state index is 13.2. The standard InChI is InChI=1S/C24H25N5OS/c30-24(28-12-10-17(11-13-28)14-16-6-2-1-3-7-16)21-26-22-20-18-8-4-5-9-19(18)31-23(20)25-15-29(22)27-21/h1-3,6-7,15,17H,4-5,8-14H2. The van der Waals surface area contributed by atoms with Crippen molar-refractivity contribution in [1.29, 1.82) is 0 Å². The summed E-state index contributed by atoms with van der Waals surface area (Å²) in [5, 5.41) is 5.62. The molecule has 1 aromatic carbocycles. The van der Waals surface area contributed by atoms with Gasteiger partial charge in [0.2, 0.25) is 5.82 Å². The van der Waals surface area contributed by atoms with Crippen molar-refractivity contribution >= 4 is 33.1 Å². The highest BCUT2D eigenvalue weighted by molar-refractivity contribution is 7.19. The van der Waals surface area contributed by atoms with E-state index in [0.717, 1.165) is 61.1 Å². The number of aromatic nitrogens is 4. The second kappa shape index (κ2) is 7.71. The lowest BCUT2D eigenvalue weighted by atomic mass is 9.90. The third-order valence-electron chi connectivity index (χ3n) is 6.75. The normalized spacial score (nSPS) is 17.4. The fourth-order valence-corrected chi connectivity index (χ4v) is 6.30. The SMILES string of the molecule is O=C(c1nc2c3c4c(sc3ncn2n1)CCCC4)N1CCC(Cc2ccccc2)CC1. The molecule has 4 aromatic rings. The van der Waals surface area contributed by atoms with Crippen molar-refractivity contribution in [3.8, 4) is 0 Å². The summed E-state index contributed by atoms with van der Waals surface area (Å²) in [6, 6.07) is 10.6. The van der Waals surface area contributed by atoms with E-state index in [0.29, 0.717) is 11.7 Å². The number of amides is 1. The predicted octanol–water partition coefficient (Wildman–Crippen LogP) is 4.31. The van der Waals surface area contributed by atoms with E-state index in [2.05, 4.69) is 40.4 Å². The van der Waals surface area contributed by atoms with Gasteiger partial charge in [-0.1, -0.05) is 30.3 Å². The number of fused-ring (bicyclic) bond motifs is 5. The lowest BCUT2D eigenvalue weighted by Gasteiger charge is -2.31. The molecule has 0 spiro atoms. The second-order valence-corrected chi connectivity index (χ2v) is 9.85. The van der Waals surface area contributed by atoms with Gasteiger partial charge in [0.25, 0.3) is 5.91 Å². The zero-order valence-corrected chi connectivity index (χ0v) is 18.3. The first kappa shape index (κ1) is 18.9. The maximum Gasteiger partial charge on any atom is 0.293 e. The van der Waals surface area contributed by atoms with E-state index in [1.807, 2.05) is 4.90 Å². The highest BCUT2D eigenvalue weighted by atomic mass is 32.1. The highest BCUT2D eigenvalue weighted by Crippen LogP contribution is 2.37. The van der Waals surface area contributed by atoms with Crippen LogP contribution >= 0.6 is 11.3 Å². The summed E-state index contributed by atoms with van der Waals surface area (Å²) in [6.07, 6.45) is 9.49. The van der Waals surface area contributed by atoms with Crippen molar-refractivity contribution < 1.29 is 4.79 Å². The van der Waals surface area contributed by atoms with Crippen LogP contribution in [0.3, 0.4) is 0 Å². The Morgan fingerprint density at radius 1 is 1.10 bits per heavy atom. The number of aryl methyl sites for hydroxylation is 2. The van der Waals surface area contributed by atoms with Gasteiger partial charge in [-0.05, 0) is 62.0 Å². The number of benzene rings is 1. The molecule has 6 rings (SSSR count). The number of likely N-dealkylation sites (tertiary alicyclic amines) is 1. The van der Waals surface area contributed by atoms with Crippen molar-refractivity contribution in [2.24, 2.45) is 5.92 Å². The van der Waals surface area contributed by atoms with Crippen LogP contribution in [0.2, 0.25) is 0 Å². The number of piperidine rings is 1. The largest absolute Gasteiger partial charge is 0.336 e. The van der Waals surface area contributed by atoms with Crippen LogP contribution in [0, 0.1) is 5.92 Å². The third kappa shape index (κ3) is 3.41. The van der Waals surface area contributed by atoms with Gasteiger partial charge in [0.15, 0.2) is 5.65 Å². The number of rotatable bonds is 3. The number of carbonyl (C=O) groups excluding carboxylic acids is 1. The maximum atomic E-state index is 13.2. The third-order valence-corrected chi connectivity index (χ3v) is 7.95. The van der Waals surface area contributed by atoms with E-state index in [4.69, 9.17) is 4.98 Å². The van der Waals surface area contributed by atoms with Crippen LogP contribution in [0.25, 0.3) is 15.9 Å². The van der Waals surface area contributed by atoms with Crippen LogP contribution in [0.15, 0.2) is 36.7 Å². The number of hydrogen-bond donors (Lipinski definition) is 0. The molecule has 0 radical (unpaired) electrons. The van der Waals surface area contributed by atoms with Crippen molar-refractivity contribution in [1.82, 2.24) is 24.5 Å². The Morgan fingerprint density at radius 2 is 1.90 bits per heavy atom. The van der Waals surface area contributed by atoms with E-state index in [9.17, 15) is 4.79 Å². The van der Waals surface area contributed by atoms with Crippen LogP contribution in [0.4, 0.5) is 0 Å². The Labute approximate surface area is 184 Å². The molecular weight excluding hydrogens is 406 g/mol. The molecule has 0 atom stereocenters. The minimum absolute atomic E-state index is 0.0564. The summed E-state index contributed by atoms with van der Waals surface area (Å²) in [5.74, 6) is 0.868. The average molecular weight is 432 g/mol. The molecule has 1 amide bonds. The number of hydrogen-bond acceptors (Lipinski definition) is 5. The quantitative estimate of drug-likeness (QED) is 0.485. The molecular formula is C24H25N5OS. The summed E-state index contributed by atoms with van der Waals surface area (Å²) in [6.45, 7) is 1.54. The monoisotopic (exact) mass is 431 g/mol. The van der Waals surface area contributed by atoms with E-state index >= 15 is 0 Å². The summed E-state index contributed by atoms with van der Waals surface area (Å²) < 4.78 is 1.69. The van der Waals surface area contributed by atoms with Crippen molar-refractivity contribution in [2.75, 3.05) is 13.1 Å². The zero-order chi connectivity index (χ0) is 20.8. The van der Waals surface area contributed by atoms with Gasteiger partial charge in [-0.2, -0.15) is 0 Å². The van der Waals surface area contributed by atoms with E-state index in [-0.39, 0.29) is 5.91 Å². The van der Waals surface area contributed by atoms with Gasteiger partial charge in [-0.25, -0.2) is 14.5 Å². The van der Waals surface area contributed by atoms with Crippen LogP contribution in [0.1, 0.15) is 52.3 Å². The molecule has 4 heterocycles. The molecule has 2 aliphatic rings. The molecule has 31 heavy (non-hydrogen) atoms. The molecule has 0 bridgehead atoms. The predicted molar refractivity (Wildman–Crippen MR) is 122 cm³/mol. The second-order valence-electron chi connectivity index (χ2n) is 8.76. The van der Waals surface area contributed by atoms with E-state index in [1.165, 1.54) is 28.8 Å². The molecule has 0 unspecified atom stereocenters. The van der Waals surface area contributed by atoms with Crippen LogP contribution in [-0.2, 0) is 19.3 Å². The number of nitrogens with zero attached hydrogens (tertiary/aromatic N) is 5. The number of thiophene rings is 1. The minimum Gasteiger partial charge on any atom is -0.336 e. The first-order chi connectivity index (χ1) is 15.3. The lowest BCUT2D eigenvalue weighted by molar-refractivity contribution is 0.0678. The Kier molecular flexibility index (Phi) is 4.71. The molecule has 7 heteroatoms. The van der Waals surface area contributed by atoms with Crippen molar-refractivity contribution in [2.45, 2.75) is 44.9 Å². The topological polar surface area (TPSA) is 63.4 Å². The lowest BCUT2D eigenvalue weighted by Crippen LogP contribution is -2.39. The summed E-state index contributed by atoms with van der Waals surface area (Å²) in [7, 11) is 0. The molecule has 1 aliphatic carbocycles. The Balaban J connectivity index is 1.22. The van der Waals surface area contributed by atoms with Crippen LogP contribution in [0.5, 0.6) is 0 Å². The molecule has 6 nitrogen and oxygen atoms in total. The minimum atomic E-state index is -0.0564. The summed E-state index contributed by atoms with van der Waals surface area (Å²) in [5.41, 5.74) is 3.54. The van der Waals surface area contributed by atoms with Gasteiger partial charge in [0.1, 0.15) is 11.2 Å². The van der Waals surface area contributed by atoms with Crippen molar-refractivity contribution in [3.05, 3.63) is 58.5 Å². The fraction of sp³-hybridized carbons (Fsp3) is 0.417. The molecule has 3 aromatic heterocycles. The summed E-state index contributed by atoms with van der Waals surface area (Å²) >= 11 is 1.77. The number of carbonyl (C=O) groups is 1. The highest BCUT2D eigenvalue weighted by Gasteiger charge is 2.27. The van der Waals surface area contributed by atoms with E-state index in [1.54, 1.807) is 22.2 Å². The van der Waals surface area contributed by atoms with Gasteiger partial charge < -0.3 is 4.90 Å². The van der Waals surface area contributed by atoms with Gasteiger partial charge in [0.05, 0.1) is 5.39 Å². The molecule has 1 saturated heterocycles. The Bertz CT molecular complexity index is 1250. The van der Waals surface area contributed by atoms with Gasteiger partial charge >= 0.3 is 0 Å². The smallest absolute Gasteiger partial charge is 0.293 e. The van der Waals surface area contributed by atoms with Crippen LogP contribution < -0.4 is 0 Å². The molecule has 0 N–H and O–H groups in total.